The van der Waals surface area contributed by atoms with Crippen molar-refractivity contribution in [2.45, 2.75) is 71.9 Å². The van der Waals surface area contributed by atoms with Crippen molar-refractivity contribution in [2.75, 3.05) is 19.7 Å². The molecule has 1 aliphatic heterocycles. The molecule has 1 atom stereocenters. The lowest BCUT2D eigenvalue weighted by molar-refractivity contribution is -0.109. The Hall–Kier alpha value is -2.38. The maximum atomic E-state index is 6.35. The third-order valence-corrected chi connectivity index (χ3v) is 7.60. The number of pyridine rings is 1. The number of hydrogen-bond donors (Lipinski definition) is 1. The average Bonchev–Trinajstić information content (AvgIpc) is 3.38. The number of aryl methyl sites for hydroxylation is 2. The zero-order chi connectivity index (χ0) is 23.0. The first-order valence-corrected chi connectivity index (χ1v) is 11.6. The van der Waals surface area contributed by atoms with E-state index < -0.39 is 0 Å². The second-order valence-corrected chi connectivity index (χ2v) is 10.1. The summed E-state index contributed by atoms with van der Waals surface area (Å²) in [4.78, 5) is 23.6. The molecular weight excluding hydrogens is 400 g/mol. The van der Waals surface area contributed by atoms with E-state index in [9.17, 15) is 0 Å². The third kappa shape index (κ3) is 4.16. The number of hydrogen-bond acceptors (Lipinski definition) is 6. The monoisotopic (exact) mass is 436 g/mol. The molecule has 0 radical (unpaired) electrons. The molecule has 0 spiro atoms. The smallest absolute Gasteiger partial charge is 0.180 e. The van der Waals surface area contributed by atoms with Gasteiger partial charge in [0.05, 0.1) is 11.8 Å². The van der Waals surface area contributed by atoms with Gasteiger partial charge in [-0.1, -0.05) is 6.07 Å². The largest absolute Gasteiger partial charge is 0.375 e. The number of nitrogens with zero attached hydrogens (tertiary/aromatic N) is 5. The van der Waals surface area contributed by atoms with Crippen LogP contribution in [0.3, 0.4) is 0 Å². The summed E-state index contributed by atoms with van der Waals surface area (Å²) in [6, 6.07) is 4.32. The van der Waals surface area contributed by atoms with Crippen molar-refractivity contribution in [3.63, 3.8) is 0 Å². The van der Waals surface area contributed by atoms with Gasteiger partial charge in [0, 0.05) is 42.4 Å². The molecule has 32 heavy (non-hydrogen) atoms. The zero-order valence-corrected chi connectivity index (χ0v) is 20.3. The molecule has 172 valence electrons. The Morgan fingerprint density at radius 3 is 2.66 bits per heavy atom. The van der Waals surface area contributed by atoms with Crippen molar-refractivity contribution < 1.29 is 4.74 Å². The minimum absolute atomic E-state index is 0.0169. The predicted molar refractivity (Wildman–Crippen MR) is 126 cm³/mol. The number of likely N-dealkylation sites (tertiary alicyclic amines) is 1. The quantitative estimate of drug-likeness (QED) is 0.563. The van der Waals surface area contributed by atoms with Crippen molar-refractivity contribution in [2.24, 2.45) is 5.41 Å². The van der Waals surface area contributed by atoms with Gasteiger partial charge in [0.25, 0.3) is 0 Å². The van der Waals surface area contributed by atoms with Crippen LogP contribution in [-0.2, 0) is 16.7 Å². The summed E-state index contributed by atoms with van der Waals surface area (Å²) in [6.07, 6.45) is 8.29. The average molecular weight is 437 g/mol. The lowest BCUT2D eigenvalue weighted by atomic mass is 9.69. The summed E-state index contributed by atoms with van der Waals surface area (Å²) >= 11 is 0. The summed E-state index contributed by atoms with van der Waals surface area (Å²) in [5, 5.41) is 0. The van der Waals surface area contributed by atoms with Gasteiger partial charge in [0.1, 0.15) is 17.7 Å². The van der Waals surface area contributed by atoms with E-state index in [0.29, 0.717) is 6.61 Å². The number of imidazole rings is 1. The first kappa shape index (κ1) is 22.8. The molecule has 0 aromatic carbocycles. The van der Waals surface area contributed by atoms with Crippen LogP contribution in [0.2, 0.25) is 0 Å². The zero-order valence-electron chi connectivity index (χ0n) is 20.3. The number of fused-ring (bicyclic) bond motifs is 1. The second-order valence-electron chi connectivity index (χ2n) is 10.1. The minimum Gasteiger partial charge on any atom is -0.375 e. The lowest BCUT2D eigenvalue weighted by Crippen LogP contribution is -2.50. The van der Waals surface area contributed by atoms with Crippen LogP contribution in [0.15, 0.2) is 30.9 Å². The molecule has 0 aliphatic carbocycles. The van der Waals surface area contributed by atoms with E-state index in [-0.39, 0.29) is 16.6 Å². The fourth-order valence-corrected chi connectivity index (χ4v) is 5.16. The van der Waals surface area contributed by atoms with E-state index in [4.69, 9.17) is 4.74 Å². The number of H-pyrrole nitrogens is 1. The fourth-order valence-electron chi connectivity index (χ4n) is 5.16. The van der Waals surface area contributed by atoms with Crippen LogP contribution in [0.1, 0.15) is 64.5 Å². The molecule has 1 aliphatic rings. The highest BCUT2D eigenvalue weighted by atomic mass is 16.5. The van der Waals surface area contributed by atoms with Crippen LogP contribution in [0.5, 0.6) is 0 Å². The standard InChI is InChI=1S/C25H36N6O/c1-7-32-24(5,6)25(11-10-21-29-20-15-26-17-28-22(20)30-21)12-13-31(16-25)23(3,4)19-9-8-18(2)27-14-19/h8-9,14-15,17H,7,10-13,16H2,1-6H3,(H,26,28,29,30)/t25-/m0/s1. The van der Waals surface area contributed by atoms with Crippen LogP contribution in [0, 0.1) is 12.3 Å². The summed E-state index contributed by atoms with van der Waals surface area (Å²) in [7, 11) is 0. The van der Waals surface area contributed by atoms with Gasteiger partial charge in [-0.15, -0.1) is 0 Å². The maximum absolute atomic E-state index is 6.35. The van der Waals surface area contributed by atoms with E-state index in [2.05, 4.69) is 76.6 Å². The first-order valence-electron chi connectivity index (χ1n) is 11.6. The van der Waals surface area contributed by atoms with Crippen LogP contribution < -0.4 is 0 Å². The lowest BCUT2D eigenvalue weighted by Gasteiger charge is -2.45. The Balaban J connectivity index is 1.58. The van der Waals surface area contributed by atoms with Crippen molar-refractivity contribution >= 4 is 11.2 Å². The van der Waals surface area contributed by atoms with Crippen molar-refractivity contribution in [1.29, 1.82) is 0 Å². The molecule has 4 heterocycles. The summed E-state index contributed by atoms with van der Waals surface area (Å²) in [6.45, 7) is 16.0. The van der Waals surface area contributed by atoms with E-state index in [0.717, 1.165) is 55.0 Å². The van der Waals surface area contributed by atoms with Gasteiger partial charge in [-0.25, -0.2) is 15.0 Å². The van der Waals surface area contributed by atoms with Gasteiger partial charge in [-0.3, -0.25) is 9.88 Å². The number of aromatic amines is 1. The second kappa shape index (κ2) is 8.52. The molecule has 0 amide bonds. The Morgan fingerprint density at radius 1 is 1.16 bits per heavy atom. The summed E-state index contributed by atoms with van der Waals surface area (Å²) < 4.78 is 6.35. The highest BCUT2D eigenvalue weighted by Gasteiger charge is 2.52. The first-order chi connectivity index (χ1) is 15.2. The molecule has 3 aromatic heterocycles. The van der Waals surface area contributed by atoms with Crippen LogP contribution in [0.4, 0.5) is 0 Å². The van der Waals surface area contributed by atoms with Crippen molar-refractivity contribution in [1.82, 2.24) is 29.8 Å². The van der Waals surface area contributed by atoms with Gasteiger partial charge >= 0.3 is 0 Å². The number of rotatable bonds is 8. The molecular formula is C25H36N6O. The predicted octanol–water partition coefficient (Wildman–Crippen LogP) is 4.43. The normalized spacial score (nSPS) is 20.3. The molecule has 3 aromatic rings. The molecule has 4 rings (SSSR count). The highest BCUT2D eigenvalue weighted by molar-refractivity contribution is 5.68. The Morgan fingerprint density at radius 2 is 1.97 bits per heavy atom. The Bertz CT molecular complexity index is 1020. The van der Waals surface area contributed by atoms with Crippen molar-refractivity contribution in [3.8, 4) is 0 Å². The molecule has 0 saturated carbocycles. The third-order valence-electron chi connectivity index (χ3n) is 7.60. The van der Waals surface area contributed by atoms with Crippen LogP contribution >= 0.6 is 0 Å². The number of aromatic nitrogens is 5. The summed E-state index contributed by atoms with van der Waals surface area (Å²) in [5.41, 5.74) is 3.60. The molecule has 7 nitrogen and oxygen atoms in total. The van der Waals surface area contributed by atoms with Gasteiger partial charge in [-0.2, -0.15) is 0 Å². The molecule has 1 N–H and O–H groups in total. The van der Waals surface area contributed by atoms with E-state index in [1.807, 2.05) is 13.1 Å². The molecule has 1 saturated heterocycles. The van der Waals surface area contributed by atoms with Gasteiger partial charge < -0.3 is 9.72 Å². The van der Waals surface area contributed by atoms with Gasteiger partial charge in [0.15, 0.2) is 5.65 Å². The maximum Gasteiger partial charge on any atom is 0.180 e. The van der Waals surface area contributed by atoms with E-state index >= 15 is 0 Å². The Kier molecular flexibility index (Phi) is 6.07. The van der Waals surface area contributed by atoms with Gasteiger partial charge in [-0.05, 0) is 72.6 Å². The van der Waals surface area contributed by atoms with Crippen molar-refractivity contribution in [3.05, 3.63) is 47.9 Å². The summed E-state index contributed by atoms with van der Waals surface area (Å²) in [5.74, 6) is 0.965. The van der Waals surface area contributed by atoms with E-state index in [1.165, 1.54) is 5.56 Å². The molecule has 1 fully saturated rings. The topological polar surface area (TPSA) is 79.8 Å². The minimum atomic E-state index is -0.246. The fraction of sp³-hybridized carbons (Fsp3) is 0.600. The molecule has 7 heteroatoms. The highest BCUT2D eigenvalue weighted by Crippen LogP contribution is 2.49. The number of nitrogens with one attached hydrogen (secondary N) is 1. The molecule has 0 bridgehead atoms. The number of ether oxygens (including phenoxy) is 1. The Labute approximate surface area is 191 Å². The molecule has 0 unspecified atom stereocenters. The van der Waals surface area contributed by atoms with Gasteiger partial charge in [0.2, 0.25) is 0 Å². The van der Waals surface area contributed by atoms with E-state index in [1.54, 1.807) is 12.5 Å². The van der Waals surface area contributed by atoms with Crippen LogP contribution in [-0.4, -0.2) is 55.1 Å². The van der Waals surface area contributed by atoms with Crippen LogP contribution in [0.25, 0.3) is 11.2 Å². The SMILES string of the molecule is CCOC(C)(C)[C@@]1(CCc2nc3ncncc3[nH]2)CCN(C(C)(C)c2ccc(C)nc2)C1.